The van der Waals surface area contributed by atoms with Crippen molar-refractivity contribution < 1.29 is 4.79 Å². The predicted octanol–water partition coefficient (Wildman–Crippen LogP) is 2.54. The van der Waals surface area contributed by atoms with Gasteiger partial charge in [-0.05, 0) is 33.2 Å². The highest BCUT2D eigenvalue weighted by atomic mass is 16.2. The normalized spacial score (nSPS) is 10.8. The molecule has 0 aliphatic rings. The van der Waals surface area contributed by atoms with Crippen LogP contribution in [0.2, 0.25) is 0 Å². The summed E-state index contributed by atoms with van der Waals surface area (Å²) < 4.78 is 0. The van der Waals surface area contributed by atoms with Gasteiger partial charge in [-0.25, -0.2) is 0 Å². The molecule has 1 amide bonds. The minimum Gasteiger partial charge on any atom is -0.340 e. The summed E-state index contributed by atoms with van der Waals surface area (Å²) in [5.41, 5.74) is 5.48. The standard InChI is InChI=1S/C13H28N2O/c1-4-5-6-7-9-13(16)15(12(2)3)11-8-10-14/h12H,4-11,14H2,1-3H3. The van der Waals surface area contributed by atoms with Gasteiger partial charge < -0.3 is 10.6 Å². The number of nitrogens with two attached hydrogens (primary N) is 1. The van der Waals surface area contributed by atoms with Gasteiger partial charge in [0.1, 0.15) is 0 Å². The molecule has 0 saturated heterocycles. The third kappa shape index (κ3) is 6.83. The molecule has 0 aromatic heterocycles. The fraction of sp³-hybridized carbons (Fsp3) is 0.923. The van der Waals surface area contributed by atoms with Gasteiger partial charge in [-0.1, -0.05) is 26.2 Å². The molecule has 0 aromatic rings. The Balaban J connectivity index is 3.87. The van der Waals surface area contributed by atoms with E-state index in [1.807, 2.05) is 4.90 Å². The van der Waals surface area contributed by atoms with Crippen LogP contribution >= 0.6 is 0 Å². The Morgan fingerprint density at radius 3 is 2.38 bits per heavy atom. The van der Waals surface area contributed by atoms with Gasteiger partial charge in [-0.2, -0.15) is 0 Å². The summed E-state index contributed by atoms with van der Waals surface area (Å²) in [7, 11) is 0. The van der Waals surface area contributed by atoms with Crippen LogP contribution < -0.4 is 5.73 Å². The van der Waals surface area contributed by atoms with Crippen molar-refractivity contribution in [3.05, 3.63) is 0 Å². The first kappa shape index (κ1) is 15.4. The Labute approximate surface area is 100 Å². The molecule has 0 fully saturated rings. The highest BCUT2D eigenvalue weighted by Crippen LogP contribution is 2.08. The van der Waals surface area contributed by atoms with Crippen molar-refractivity contribution in [3.63, 3.8) is 0 Å². The summed E-state index contributed by atoms with van der Waals surface area (Å²) in [6.07, 6.45) is 6.25. The quantitative estimate of drug-likeness (QED) is 0.616. The van der Waals surface area contributed by atoms with Crippen LogP contribution in [0.3, 0.4) is 0 Å². The molecule has 2 N–H and O–H groups in total. The predicted molar refractivity (Wildman–Crippen MR) is 69.3 cm³/mol. The van der Waals surface area contributed by atoms with Gasteiger partial charge in [0.15, 0.2) is 0 Å². The number of rotatable bonds is 9. The molecule has 0 aliphatic carbocycles. The van der Waals surface area contributed by atoms with Crippen LogP contribution in [0.5, 0.6) is 0 Å². The molecular weight excluding hydrogens is 200 g/mol. The number of carbonyl (C=O) groups excluding carboxylic acids is 1. The first-order valence-corrected chi connectivity index (χ1v) is 6.63. The van der Waals surface area contributed by atoms with Crippen molar-refractivity contribution >= 4 is 5.91 Å². The van der Waals surface area contributed by atoms with E-state index in [0.29, 0.717) is 24.9 Å². The maximum absolute atomic E-state index is 11.9. The van der Waals surface area contributed by atoms with Gasteiger partial charge in [0.25, 0.3) is 0 Å². The van der Waals surface area contributed by atoms with E-state index < -0.39 is 0 Å². The molecule has 3 heteroatoms. The second-order valence-electron chi connectivity index (χ2n) is 4.63. The molecule has 0 saturated carbocycles. The minimum absolute atomic E-state index is 0.291. The molecule has 0 unspecified atom stereocenters. The van der Waals surface area contributed by atoms with Gasteiger partial charge in [0.2, 0.25) is 5.91 Å². The Hall–Kier alpha value is -0.570. The maximum atomic E-state index is 11.9. The Kier molecular flexibility index (Phi) is 9.30. The van der Waals surface area contributed by atoms with Gasteiger partial charge in [0, 0.05) is 19.0 Å². The zero-order valence-corrected chi connectivity index (χ0v) is 11.2. The van der Waals surface area contributed by atoms with Crippen molar-refractivity contribution in [1.82, 2.24) is 4.90 Å². The van der Waals surface area contributed by atoms with E-state index >= 15 is 0 Å². The van der Waals surface area contributed by atoms with E-state index in [4.69, 9.17) is 5.73 Å². The Morgan fingerprint density at radius 1 is 1.19 bits per heavy atom. The molecule has 0 rings (SSSR count). The van der Waals surface area contributed by atoms with Crippen molar-refractivity contribution in [2.24, 2.45) is 5.73 Å². The van der Waals surface area contributed by atoms with Gasteiger partial charge >= 0.3 is 0 Å². The van der Waals surface area contributed by atoms with Crippen LogP contribution in [0.4, 0.5) is 0 Å². The molecule has 0 spiro atoms. The van der Waals surface area contributed by atoms with Crippen LogP contribution in [0.25, 0.3) is 0 Å². The van der Waals surface area contributed by atoms with Gasteiger partial charge in [-0.15, -0.1) is 0 Å². The lowest BCUT2D eigenvalue weighted by atomic mass is 10.1. The molecule has 96 valence electrons. The summed E-state index contributed by atoms with van der Waals surface area (Å²) in [5, 5.41) is 0. The molecule has 0 radical (unpaired) electrons. The van der Waals surface area contributed by atoms with Crippen LogP contribution in [-0.2, 0) is 4.79 Å². The zero-order chi connectivity index (χ0) is 12.4. The van der Waals surface area contributed by atoms with E-state index in [1.54, 1.807) is 0 Å². The van der Waals surface area contributed by atoms with Crippen LogP contribution in [0, 0.1) is 0 Å². The van der Waals surface area contributed by atoms with E-state index in [9.17, 15) is 4.79 Å². The van der Waals surface area contributed by atoms with Crippen molar-refractivity contribution in [2.75, 3.05) is 13.1 Å². The van der Waals surface area contributed by atoms with E-state index in [1.165, 1.54) is 19.3 Å². The first-order chi connectivity index (χ1) is 7.63. The average molecular weight is 228 g/mol. The molecule has 0 atom stereocenters. The van der Waals surface area contributed by atoms with Crippen LogP contribution in [0.15, 0.2) is 0 Å². The fourth-order valence-corrected chi connectivity index (χ4v) is 1.78. The number of hydrogen-bond donors (Lipinski definition) is 1. The summed E-state index contributed by atoms with van der Waals surface area (Å²) in [5.74, 6) is 0.291. The largest absolute Gasteiger partial charge is 0.340 e. The molecule has 16 heavy (non-hydrogen) atoms. The summed E-state index contributed by atoms with van der Waals surface area (Å²) in [4.78, 5) is 13.9. The summed E-state index contributed by atoms with van der Waals surface area (Å²) >= 11 is 0. The lowest BCUT2D eigenvalue weighted by molar-refractivity contribution is -0.133. The minimum atomic E-state index is 0.291. The second kappa shape index (κ2) is 9.64. The van der Waals surface area contributed by atoms with Crippen LogP contribution in [-0.4, -0.2) is 29.9 Å². The molecule has 0 heterocycles. The maximum Gasteiger partial charge on any atom is 0.222 e. The van der Waals surface area contributed by atoms with Crippen molar-refractivity contribution in [2.45, 2.75) is 65.3 Å². The number of nitrogens with zero attached hydrogens (tertiary/aromatic N) is 1. The smallest absolute Gasteiger partial charge is 0.222 e. The summed E-state index contributed by atoms with van der Waals surface area (Å²) in [6.45, 7) is 7.79. The highest BCUT2D eigenvalue weighted by Gasteiger charge is 2.15. The van der Waals surface area contributed by atoms with Crippen LogP contribution in [0.1, 0.15) is 59.3 Å². The Bertz CT molecular complexity index is 181. The average Bonchev–Trinajstić information content (AvgIpc) is 2.24. The SMILES string of the molecule is CCCCCCC(=O)N(CCCN)C(C)C. The molecule has 0 bridgehead atoms. The van der Waals surface area contributed by atoms with Crippen molar-refractivity contribution in [3.8, 4) is 0 Å². The molecular formula is C13H28N2O. The fourth-order valence-electron chi connectivity index (χ4n) is 1.78. The van der Waals surface area contributed by atoms with Gasteiger partial charge in [-0.3, -0.25) is 4.79 Å². The number of amides is 1. The summed E-state index contributed by atoms with van der Waals surface area (Å²) in [6, 6.07) is 0.297. The second-order valence-corrected chi connectivity index (χ2v) is 4.63. The lowest BCUT2D eigenvalue weighted by Crippen LogP contribution is -2.38. The molecule has 0 aliphatic heterocycles. The van der Waals surface area contributed by atoms with Gasteiger partial charge in [0.05, 0.1) is 0 Å². The van der Waals surface area contributed by atoms with E-state index in [2.05, 4.69) is 20.8 Å². The highest BCUT2D eigenvalue weighted by molar-refractivity contribution is 5.76. The molecule has 0 aromatic carbocycles. The third-order valence-electron chi connectivity index (χ3n) is 2.79. The number of unbranched alkanes of at least 4 members (excludes halogenated alkanes) is 3. The third-order valence-corrected chi connectivity index (χ3v) is 2.79. The topological polar surface area (TPSA) is 46.3 Å². The number of carbonyl (C=O) groups is 1. The van der Waals surface area contributed by atoms with E-state index in [0.717, 1.165) is 19.4 Å². The zero-order valence-electron chi connectivity index (χ0n) is 11.2. The molecule has 3 nitrogen and oxygen atoms in total. The number of hydrogen-bond acceptors (Lipinski definition) is 2. The van der Waals surface area contributed by atoms with Crippen molar-refractivity contribution in [1.29, 1.82) is 0 Å². The first-order valence-electron chi connectivity index (χ1n) is 6.63. The van der Waals surface area contributed by atoms with E-state index in [-0.39, 0.29) is 0 Å². The monoisotopic (exact) mass is 228 g/mol. The Morgan fingerprint density at radius 2 is 1.88 bits per heavy atom. The lowest BCUT2D eigenvalue weighted by Gasteiger charge is -2.26.